The van der Waals surface area contributed by atoms with Crippen molar-refractivity contribution < 1.29 is 12.8 Å². The normalized spacial score (nSPS) is 17.4. The van der Waals surface area contributed by atoms with Crippen molar-refractivity contribution in [1.82, 2.24) is 9.62 Å². The van der Waals surface area contributed by atoms with Crippen LogP contribution in [-0.4, -0.2) is 38.9 Å². The first-order valence-corrected chi connectivity index (χ1v) is 6.40. The van der Waals surface area contributed by atoms with E-state index in [1.807, 2.05) is 0 Å². The lowest BCUT2D eigenvalue weighted by Crippen LogP contribution is -2.57. The maximum absolute atomic E-state index is 13.0. The van der Waals surface area contributed by atoms with Gasteiger partial charge in [-0.3, -0.25) is 0 Å². The van der Waals surface area contributed by atoms with Crippen LogP contribution in [0.25, 0.3) is 0 Å². The number of halogens is 1. The van der Waals surface area contributed by atoms with Crippen molar-refractivity contribution in [3.63, 3.8) is 0 Å². The molecule has 0 bridgehead atoms. The van der Waals surface area contributed by atoms with Crippen molar-refractivity contribution >= 4 is 10.0 Å². The van der Waals surface area contributed by atoms with E-state index in [1.165, 1.54) is 29.6 Å². The van der Waals surface area contributed by atoms with Crippen molar-refractivity contribution in [2.24, 2.45) is 0 Å². The molecule has 2 rings (SSSR count). The summed E-state index contributed by atoms with van der Waals surface area (Å²) in [6, 6.07) is 5.03. The Morgan fingerprint density at radius 1 is 1.44 bits per heavy atom. The molecule has 6 heteroatoms. The minimum absolute atomic E-state index is 0.00176. The number of rotatable bonds is 3. The summed E-state index contributed by atoms with van der Waals surface area (Å²) in [4.78, 5) is 0.00176. The average molecular weight is 244 g/mol. The van der Waals surface area contributed by atoms with Gasteiger partial charge in [-0.25, -0.2) is 12.8 Å². The summed E-state index contributed by atoms with van der Waals surface area (Å²) in [6.45, 7) is 1.29. The second-order valence-electron chi connectivity index (χ2n) is 3.79. The van der Waals surface area contributed by atoms with Crippen molar-refractivity contribution in [2.75, 3.05) is 20.1 Å². The van der Waals surface area contributed by atoms with E-state index in [1.54, 1.807) is 0 Å². The molecule has 1 aliphatic rings. The van der Waals surface area contributed by atoms with E-state index in [9.17, 15) is 12.8 Å². The summed E-state index contributed by atoms with van der Waals surface area (Å²) in [5.41, 5.74) is 0. The lowest BCUT2D eigenvalue weighted by Gasteiger charge is -2.34. The van der Waals surface area contributed by atoms with Gasteiger partial charge in [0.05, 0.1) is 4.90 Å². The molecule has 1 aromatic rings. The van der Waals surface area contributed by atoms with E-state index in [0.29, 0.717) is 13.1 Å². The molecule has 0 unspecified atom stereocenters. The molecular formula is C10H13FN2O2S. The first-order chi connectivity index (χ1) is 7.51. The standard InChI is InChI=1S/C10H13FN2O2S/c1-13(9-6-12-7-9)16(14,15)10-4-2-3-8(11)5-10/h2-5,9,12H,6-7H2,1H3. The fourth-order valence-electron chi connectivity index (χ4n) is 1.52. The maximum atomic E-state index is 13.0. The number of hydrogen-bond acceptors (Lipinski definition) is 3. The van der Waals surface area contributed by atoms with Gasteiger partial charge in [0.2, 0.25) is 10.0 Å². The lowest BCUT2D eigenvalue weighted by molar-refractivity contribution is 0.274. The second-order valence-corrected chi connectivity index (χ2v) is 5.79. The van der Waals surface area contributed by atoms with Crippen LogP contribution >= 0.6 is 0 Å². The Morgan fingerprint density at radius 2 is 2.12 bits per heavy atom. The van der Waals surface area contributed by atoms with Gasteiger partial charge in [-0.15, -0.1) is 0 Å². The topological polar surface area (TPSA) is 49.4 Å². The van der Waals surface area contributed by atoms with E-state index in [2.05, 4.69) is 5.32 Å². The number of sulfonamides is 1. The smallest absolute Gasteiger partial charge is 0.243 e. The third-order valence-electron chi connectivity index (χ3n) is 2.75. The molecular weight excluding hydrogens is 231 g/mol. The number of likely N-dealkylation sites (N-methyl/N-ethyl adjacent to an activating group) is 1. The molecule has 16 heavy (non-hydrogen) atoms. The average Bonchev–Trinajstić information content (AvgIpc) is 2.15. The quantitative estimate of drug-likeness (QED) is 0.838. The Labute approximate surface area is 94.1 Å². The third-order valence-corrected chi connectivity index (χ3v) is 4.65. The number of nitrogens with one attached hydrogen (secondary N) is 1. The lowest BCUT2D eigenvalue weighted by atomic mass is 10.2. The van der Waals surface area contributed by atoms with Crippen LogP contribution in [0.15, 0.2) is 29.2 Å². The van der Waals surface area contributed by atoms with Gasteiger partial charge < -0.3 is 5.32 Å². The highest BCUT2D eigenvalue weighted by Crippen LogP contribution is 2.18. The Kier molecular flexibility index (Phi) is 2.96. The summed E-state index contributed by atoms with van der Waals surface area (Å²) in [6.07, 6.45) is 0. The Morgan fingerprint density at radius 3 is 2.62 bits per heavy atom. The summed E-state index contributed by atoms with van der Waals surface area (Å²) in [5.74, 6) is -0.541. The van der Waals surface area contributed by atoms with Crippen LogP contribution in [0.2, 0.25) is 0 Å². The van der Waals surface area contributed by atoms with Crippen LogP contribution in [0.3, 0.4) is 0 Å². The van der Waals surface area contributed by atoms with Gasteiger partial charge in [0.25, 0.3) is 0 Å². The first kappa shape index (κ1) is 11.5. The van der Waals surface area contributed by atoms with Gasteiger partial charge >= 0.3 is 0 Å². The van der Waals surface area contributed by atoms with Crippen molar-refractivity contribution in [2.45, 2.75) is 10.9 Å². The van der Waals surface area contributed by atoms with E-state index >= 15 is 0 Å². The van der Waals surface area contributed by atoms with Crippen LogP contribution in [0.1, 0.15) is 0 Å². The zero-order valence-corrected chi connectivity index (χ0v) is 9.67. The number of benzene rings is 1. The molecule has 88 valence electrons. The molecule has 0 aromatic heterocycles. The van der Waals surface area contributed by atoms with Gasteiger partial charge in [-0.05, 0) is 18.2 Å². The van der Waals surface area contributed by atoms with E-state index in [-0.39, 0.29) is 10.9 Å². The Bertz CT molecular complexity index is 485. The van der Waals surface area contributed by atoms with Gasteiger partial charge in [-0.2, -0.15) is 4.31 Å². The van der Waals surface area contributed by atoms with Gasteiger partial charge in [-0.1, -0.05) is 6.07 Å². The zero-order chi connectivity index (χ0) is 11.8. The molecule has 1 aliphatic heterocycles. The van der Waals surface area contributed by atoms with E-state index < -0.39 is 15.8 Å². The SMILES string of the molecule is CN(C1CNC1)S(=O)(=O)c1cccc(F)c1. The fourth-order valence-corrected chi connectivity index (χ4v) is 2.91. The third kappa shape index (κ3) is 1.95. The molecule has 1 aromatic carbocycles. The molecule has 1 saturated heterocycles. The fraction of sp³-hybridized carbons (Fsp3) is 0.400. The predicted octanol–water partition coefficient (Wildman–Crippen LogP) is 0.418. The van der Waals surface area contributed by atoms with Gasteiger partial charge in [0.1, 0.15) is 5.82 Å². The molecule has 0 radical (unpaired) electrons. The monoisotopic (exact) mass is 244 g/mol. The van der Waals surface area contributed by atoms with Crippen molar-refractivity contribution in [3.8, 4) is 0 Å². The summed E-state index contributed by atoms with van der Waals surface area (Å²) in [7, 11) is -2.05. The summed E-state index contributed by atoms with van der Waals surface area (Å²) < 4.78 is 38.4. The van der Waals surface area contributed by atoms with E-state index in [0.717, 1.165) is 6.07 Å². The highest BCUT2D eigenvalue weighted by atomic mass is 32.2. The van der Waals surface area contributed by atoms with Crippen LogP contribution < -0.4 is 5.32 Å². The number of nitrogens with zero attached hydrogens (tertiary/aromatic N) is 1. The molecule has 0 spiro atoms. The minimum Gasteiger partial charge on any atom is -0.313 e. The van der Waals surface area contributed by atoms with Crippen LogP contribution in [0.5, 0.6) is 0 Å². The van der Waals surface area contributed by atoms with Crippen molar-refractivity contribution in [1.29, 1.82) is 0 Å². The highest BCUT2D eigenvalue weighted by molar-refractivity contribution is 7.89. The van der Waals surface area contributed by atoms with Crippen LogP contribution in [0.4, 0.5) is 4.39 Å². The predicted molar refractivity (Wildman–Crippen MR) is 58.0 cm³/mol. The zero-order valence-electron chi connectivity index (χ0n) is 8.85. The van der Waals surface area contributed by atoms with Gasteiger partial charge in [0.15, 0.2) is 0 Å². The summed E-state index contributed by atoms with van der Waals surface area (Å²) >= 11 is 0. The molecule has 0 atom stereocenters. The molecule has 0 amide bonds. The van der Waals surface area contributed by atoms with E-state index in [4.69, 9.17) is 0 Å². The van der Waals surface area contributed by atoms with Crippen LogP contribution in [0, 0.1) is 5.82 Å². The van der Waals surface area contributed by atoms with Crippen molar-refractivity contribution in [3.05, 3.63) is 30.1 Å². The highest BCUT2D eigenvalue weighted by Gasteiger charge is 2.31. The molecule has 0 saturated carbocycles. The Balaban J connectivity index is 2.30. The molecule has 0 aliphatic carbocycles. The molecule has 1 N–H and O–H groups in total. The van der Waals surface area contributed by atoms with Crippen LogP contribution in [-0.2, 0) is 10.0 Å². The second kappa shape index (κ2) is 4.12. The molecule has 4 nitrogen and oxygen atoms in total. The number of hydrogen-bond donors (Lipinski definition) is 1. The first-order valence-electron chi connectivity index (χ1n) is 4.96. The molecule has 1 heterocycles. The molecule has 1 fully saturated rings. The summed E-state index contributed by atoms with van der Waals surface area (Å²) in [5, 5.41) is 3.00. The minimum atomic E-state index is -3.57. The Hall–Kier alpha value is -0.980. The largest absolute Gasteiger partial charge is 0.313 e. The maximum Gasteiger partial charge on any atom is 0.243 e. The van der Waals surface area contributed by atoms with Gasteiger partial charge in [0, 0.05) is 26.2 Å².